The van der Waals surface area contributed by atoms with Crippen molar-refractivity contribution in [1.82, 2.24) is 9.88 Å². The van der Waals surface area contributed by atoms with Crippen molar-refractivity contribution in [3.8, 4) is 10.6 Å². The second-order valence-corrected chi connectivity index (χ2v) is 9.14. The molecule has 0 aliphatic carbocycles. The molecule has 5 nitrogen and oxygen atoms in total. The van der Waals surface area contributed by atoms with Gasteiger partial charge < -0.3 is 15.4 Å². The fraction of sp³-hybridized carbons (Fsp3) is 0.412. The number of hydrogen-bond donors (Lipinski definition) is 1. The number of ether oxygens (including phenoxy) is 1. The summed E-state index contributed by atoms with van der Waals surface area (Å²) in [6.07, 6.45) is 2.52. The monoisotopic (exact) mass is 397 g/mol. The van der Waals surface area contributed by atoms with Crippen molar-refractivity contribution >= 4 is 51.1 Å². The van der Waals surface area contributed by atoms with E-state index >= 15 is 0 Å². The number of halogens is 1. The lowest BCUT2D eigenvalue weighted by molar-refractivity contribution is 0.0270. The lowest BCUT2D eigenvalue weighted by Gasteiger charge is -2.29. The first-order valence-electron chi connectivity index (χ1n) is 7.91. The second-order valence-electron chi connectivity index (χ2n) is 6.76. The molecule has 2 aromatic rings. The molecule has 0 unspecified atom stereocenters. The third-order valence-electron chi connectivity index (χ3n) is 3.60. The van der Waals surface area contributed by atoms with Crippen LogP contribution in [0.5, 0.6) is 0 Å². The molecule has 134 valence electrons. The molecule has 8 heteroatoms. The maximum absolute atomic E-state index is 12.2. The summed E-state index contributed by atoms with van der Waals surface area (Å²) >= 11 is 9.07. The molecule has 2 aromatic heterocycles. The summed E-state index contributed by atoms with van der Waals surface area (Å²) in [6, 6.07) is 1.90. The van der Waals surface area contributed by atoms with Crippen molar-refractivity contribution in [2.45, 2.75) is 32.8 Å². The Bertz CT molecular complexity index is 820. The number of carbonyl (C=O) groups excluding carboxylic acids is 1. The molecule has 3 heterocycles. The third kappa shape index (κ3) is 4.34. The number of nitrogens with two attached hydrogens (primary N) is 1. The average Bonchev–Trinajstić information content (AvgIpc) is 3.11. The summed E-state index contributed by atoms with van der Waals surface area (Å²) in [5, 5.41) is 3.12. The SMILES string of the molecule is CC(C)(C)OC(=O)N1CC=C(c2sc(N)nc2-c2cc(Cl)cs2)CC1. The zero-order valence-corrected chi connectivity index (χ0v) is 16.7. The molecule has 0 saturated heterocycles. The van der Waals surface area contributed by atoms with Crippen molar-refractivity contribution in [2.24, 2.45) is 0 Å². The lowest BCUT2D eigenvalue weighted by atomic mass is 10.0. The Morgan fingerprint density at radius 2 is 2.20 bits per heavy atom. The summed E-state index contributed by atoms with van der Waals surface area (Å²) in [5.74, 6) is 0. The van der Waals surface area contributed by atoms with Gasteiger partial charge in [-0.2, -0.15) is 0 Å². The van der Waals surface area contributed by atoms with Gasteiger partial charge in [-0.15, -0.1) is 11.3 Å². The van der Waals surface area contributed by atoms with E-state index in [-0.39, 0.29) is 6.09 Å². The topological polar surface area (TPSA) is 68.5 Å². The summed E-state index contributed by atoms with van der Waals surface area (Å²) in [4.78, 5) is 20.4. The van der Waals surface area contributed by atoms with Crippen LogP contribution in [0, 0.1) is 0 Å². The molecule has 0 aromatic carbocycles. The van der Waals surface area contributed by atoms with E-state index in [1.807, 2.05) is 32.2 Å². The van der Waals surface area contributed by atoms with Crippen molar-refractivity contribution in [3.05, 3.63) is 27.4 Å². The van der Waals surface area contributed by atoms with Crippen LogP contribution >= 0.6 is 34.3 Å². The van der Waals surface area contributed by atoms with Crippen LogP contribution in [0.4, 0.5) is 9.93 Å². The lowest BCUT2D eigenvalue weighted by Crippen LogP contribution is -2.39. The predicted octanol–water partition coefficient (Wildman–Crippen LogP) is 5.13. The molecule has 1 aliphatic heterocycles. The van der Waals surface area contributed by atoms with Gasteiger partial charge in [-0.3, -0.25) is 0 Å². The van der Waals surface area contributed by atoms with E-state index in [0.717, 1.165) is 27.4 Å². The molecule has 0 saturated carbocycles. The summed E-state index contributed by atoms with van der Waals surface area (Å²) in [7, 11) is 0. The maximum atomic E-state index is 12.2. The molecule has 1 aliphatic rings. The molecule has 0 atom stereocenters. The van der Waals surface area contributed by atoms with Crippen LogP contribution in [-0.2, 0) is 4.74 Å². The molecule has 2 N–H and O–H groups in total. The van der Waals surface area contributed by atoms with E-state index in [0.29, 0.717) is 23.2 Å². The number of nitrogens with zero attached hydrogens (tertiary/aromatic N) is 2. The second kappa shape index (κ2) is 6.97. The minimum atomic E-state index is -0.487. The van der Waals surface area contributed by atoms with Gasteiger partial charge in [-0.05, 0) is 38.8 Å². The number of carbonyl (C=O) groups is 1. The number of anilines is 1. The van der Waals surface area contributed by atoms with E-state index < -0.39 is 5.60 Å². The zero-order valence-electron chi connectivity index (χ0n) is 14.3. The van der Waals surface area contributed by atoms with Crippen LogP contribution in [0.15, 0.2) is 17.5 Å². The summed E-state index contributed by atoms with van der Waals surface area (Å²) < 4.78 is 5.43. The summed E-state index contributed by atoms with van der Waals surface area (Å²) in [5.41, 5.74) is 7.49. The first-order valence-corrected chi connectivity index (χ1v) is 9.98. The predicted molar refractivity (Wildman–Crippen MR) is 105 cm³/mol. The summed E-state index contributed by atoms with van der Waals surface area (Å²) in [6.45, 7) is 6.74. The Kier molecular flexibility index (Phi) is 5.09. The fourth-order valence-electron chi connectivity index (χ4n) is 2.53. The van der Waals surface area contributed by atoms with E-state index in [2.05, 4.69) is 11.1 Å². The first-order chi connectivity index (χ1) is 11.7. The Morgan fingerprint density at radius 1 is 1.44 bits per heavy atom. The standard InChI is InChI=1S/C17H20ClN3O2S2/c1-17(2,3)23-16(22)21-6-4-10(5-7-21)14-13(20-15(19)25-14)12-8-11(18)9-24-12/h4,8-9H,5-7H2,1-3H3,(H2,19,20). The largest absolute Gasteiger partial charge is 0.444 e. The van der Waals surface area contributed by atoms with Gasteiger partial charge >= 0.3 is 6.09 Å². The number of thiophene rings is 1. The minimum absolute atomic E-state index is 0.281. The average molecular weight is 398 g/mol. The van der Waals surface area contributed by atoms with Crippen LogP contribution in [0.3, 0.4) is 0 Å². The highest BCUT2D eigenvalue weighted by atomic mass is 35.5. The zero-order chi connectivity index (χ0) is 18.2. The van der Waals surface area contributed by atoms with E-state index in [1.165, 1.54) is 11.3 Å². The number of thiazole rings is 1. The van der Waals surface area contributed by atoms with Gasteiger partial charge in [0.2, 0.25) is 0 Å². The number of rotatable bonds is 2. The van der Waals surface area contributed by atoms with Crippen molar-refractivity contribution < 1.29 is 9.53 Å². The maximum Gasteiger partial charge on any atom is 0.410 e. The van der Waals surface area contributed by atoms with Crippen LogP contribution < -0.4 is 5.73 Å². The van der Waals surface area contributed by atoms with Crippen LogP contribution in [-0.4, -0.2) is 34.7 Å². The highest BCUT2D eigenvalue weighted by Crippen LogP contribution is 2.40. The smallest absolute Gasteiger partial charge is 0.410 e. The van der Waals surface area contributed by atoms with Gasteiger partial charge in [0, 0.05) is 18.5 Å². The van der Waals surface area contributed by atoms with Gasteiger partial charge in [0.05, 0.1) is 14.8 Å². The Hall–Kier alpha value is -1.57. The van der Waals surface area contributed by atoms with Gasteiger partial charge in [0.25, 0.3) is 0 Å². The first kappa shape index (κ1) is 18.2. The normalized spacial score (nSPS) is 15.2. The van der Waals surface area contributed by atoms with Crippen molar-refractivity contribution in [2.75, 3.05) is 18.8 Å². The van der Waals surface area contributed by atoms with E-state index in [4.69, 9.17) is 22.1 Å². The number of nitrogen functional groups attached to an aromatic ring is 1. The molecular weight excluding hydrogens is 378 g/mol. The quantitative estimate of drug-likeness (QED) is 0.762. The molecule has 0 spiro atoms. The van der Waals surface area contributed by atoms with Crippen LogP contribution in [0.25, 0.3) is 16.1 Å². The van der Waals surface area contributed by atoms with Gasteiger partial charge in [0.1, 0.15) is 11.3 Å². The van der Waals surface area contributed by atoms with Crippen molar-refractivity contribution in [1.29, 1.82) is 0 Å². The third-order valence-corrected chi connectivity index (χ3v) is 5.84. The van der Waals surface area contributed by atoms with Gasteiger partial charge in [-0.25, -0.2) is 9.78 Å². The molecule has 0 bridgehead atoms. The highest BCUT2D eigenvalue weighted by molar-refractivity contribution is 7.18. The number of hydrogen-bond acceptors (Lipinski definition) is 6. The fourth-order valence-corrected chi connectivity index (χ4v) is 4.58. The minimum Gasteiger partial charge on any atom is -0.444 e. The van der Waals surface area contributed by atoms with Crippen molar-refractivity contribution in [3.63, 3.8) is 0 Å². The Labute approximate surface area is 160 Å². The van der Waals surface area contributed by atoms with Crippen LogP contribution in [0.2, 0.25) is 5.02 Å². The van der Waals surface area contributed by atoms with Crippen LogP contribution in [0.1, 0.15) is 32.1 Å². The molecular formula is C17H20ClN3O2S2. The Balaban J connectivity index is 1.80. The molecule has 3 rings (SSSR count). The number of amides is 1. The Morgan fingerprint density at radius 3 is 2.76 bits per heavy atom. The van der Waals surface area contributed by atoms with E-state index in [9.17, 15) is 4.79 Å². The number of aromatic nitrogens is 1. The highest BCUT2D eigenvalue weighted by Gasteiger charge is 2.25. The van der Waals surface area contributed by atoms with Gasteiger partial charge in [-0.1, -0.05) is 29.0 Å². The molecule has 25 heavy (non-hydrogen) atoms. The molecule has 1 amide bonds. The molecule has 0 radical (unpaired) electrons. The van der Waals surface area contributed by atoms with E-state index in [1.54, 1.807) is 16.2 Å². The van der Waals surface area contributed by atoms with Gasteiger partial charge in [0.15, 0.2) is 5.13 Å². The molecule has 0 fully saturated rings.